The van der Waals surface area contributed by atoms with Crippen LogP contribution >= 0.6 is 0 Å². The van der Waals surface area contributed by atoms with Gasteiger partial charge in [0.05, 0.1) is 5.57 Å². The highest BCUT2D eigenvalue weighted by atomic mass is 19.2. The maximum atomic E-state index is 12.7. The highest BCUT2D eigenvalue weighted by Gasteiger charge is 2.19. The Balaban J connectivity index is 2.60. The second kappa shape index (κ2) is 5.24. The van der Waals surface area contributed by atoms with Crippen LogP contribution in [0.4, 0.5) is 8.78 Å². The first-order valence-electron chi connectivity index (χ1n) is 4.31. The first kappa shape index (κ1) is 11.4. The number of halogens is 2. The number of hydrogen-bond donors (Lipinski definition) is 0. The predicted molar refractivity (Wildman–Crippen MR) is 52.1 cm³/mol. The van der Waals surface area contributed by atoms with Gasteiger partial charge in [-0.25, -0.2) is 13.6 Å². The van der Waals surface area contributed by atoms with Gasteiger partial charge in [0.1, 0.15) is 12.4 Å². The molecule has 1 unspecified atom stereocenters. The molecule has 1 aromatic carbocycles. The van der Waals surface area contributed by atoms with Crippen LogP contribution < -0.4 is 4.74 Å². The summed E-state index contributed by atoms with van der Waals surface area (Å²) in [5.41, 5.74) is -0.513. The molecule has 0 N–H and O–H groups in total. The molecule has 0 amide bonds. The van der Waals surface area contributed by atoms with Crippen LogP contribution in [0, 0.1) is 0 Å². The summed E-state index contributed by atoms with van der Waals surface area (Å²) >= 11 is 0. The van der Waals surface area contributed by atoms with E-state index in [0.717, 1.165) is 0 Å². The molecule has 0 aliphatic rings. The van der Waals surface area contributed by atoms with Crippen LogP contribution in [0.25, 0.3) is 0 Å². The third kappa shape index (κ3) is 3.16. The monoisotopic (exact) mass is 212 g/mol. The fourth-order valence-electron chi connectivity index (χ4n) is 0.882. The lowest BCUT2D eigenvalue weighted by Gasteiger charge is -2.07. The normalized spacial score (nSPS) is 11.9. The van der Waals surface area contributed by atoms with E-state index < -0.39 is 24.4 Å². The molecule has 1 rings (SSSR count). The van der Waals surface area contributed by atoms with Gasteiger partial charge in [-0.2, -0.15) is 0 Å². The van der Waals surface area contributed by atoms with Crippen LogP contribution in [0.1, 0.15) is 0 Å². The molecule has 80 valence electrons. The lowest BCUT2D eigenvalue weighted by atomic mass is 10.2. The second-order valence-electron chi connectivity index (χ2n) is 2.85. The molecule has 0 fully saturated rings. The number of esters is 1. The highest BCUT2D eigenvalue weighted by Crippen LogP contribution is 2.13. The fourth-order valence-corrected chi connectivity index (χ4v) is 0.882. The summed E-state index contributed by atoms with van der Waals surface area (Å²) < 4.78 is 29.3. The minimum atomic E-state index is -2.00. The number of carbonyl (C=O) groups is 1. The number of alkyl halides is 2. The molecule has 0 saturated heterocycles. The van der Waals surface area contributed by atoms with Crippen molar-refractivity contribution in [3.63, 3.8) is 0 Å². The average Bonchev–Trinajstić information content (AvgIpc) is 2.28. The molecular weight excluding hydrogens is 202 g/mol. The van der Waals surface area contributed by atoms with Crippen molar-refractivity contribution in [1.29, 1.82) is 0 Å². The summed E-state index contributed by atoms with van der Waals surface area (Å²) in [5.74, 6) is -0.680. The predicted octanol–water partition coefficient (Wildman–Crippen LogP) is 2.46. The van der Waals surface area contributed by atoms with Gasteiger partial charge < -0.3 is 4.74 Å². The number of ether oxygens (including phenoxy) is 1. The molecular formula is C11H10F2O2. The van der Waals surface area contributed by atoms with Gasteiger partial charge in [0, 0.05) is 0 Å². The summed E-state index contributed by atoms with van der Waals surface area (Å²) in [5, 5.41) is 0. The molecule has 0 heterocycles. The number of rotatable bonds is 4. The van der Waals surface area contributed by atoms with E-state index in [0.29, 0.717) is 0 Å². The van der Waals surface area contributed by atoms with Crippen molar-refractivity contribution < 1.29 is 18.3 Å². The molecule has 0 aliphatic carbocycles. The molecule has 4 heteroatoms. The van der Waals surface area contributed by atoms with Crippen LogP contribution in [0.2, 0.25) is 0 Å². The van der Waals surface area contributed by atoms with Crippen LogP contribution in [0.3, 0.4) is 0 Å². The topological polar surface area (TPSA) is 26.3 Å². The number of para-hydroxylation sites is 1. The van der Waals surface area contributed by atoms with Crippen molar-refractivity contribution in [3.8, 4) is 5.75 Å². The van der Waals surface area contributed by atoms with E-state index in [1.165, 1.54) is 12.1 Å². The van der Waals surface area contributed by atoms with E-state index in [4.69, 9.17) is 4.74 Å². The van der Waals surface area contributed by atoms with Gasteiger partial charge >= 0.3 is 5.97 Å². The first-order valence-corrected chi connectivity index (χ1v) is 4.31. The zero-order valence-electron chi connectivity index (χ0n) is 7.95. The van der Waals surface area contributed by atoms with Crippen LogP contribution in [-0.2, 0) is 4.79 Å². The minimum Gasteiger partial charge on any atom is -0.423 e. The molecule has 0 radical (unpaired) electrons. The Morgan fingerprint density at radius 1 is 1.40 bits per heavy atom. The van der Waals surface area contributed by atoms with Gasteiger partial charge in [0.2, 0.25) is 0 Å². The Labute approximate surface area is 86.2 Å². The quantitative estimate of drug-likeness (QED) is 0.435. The zero-order chi connectivity index (χ0) is 11.3. The van der Waals surface area contributed by atoms with E-state index in [-0.39, 0.29) is 5.75 Å². The SMILES string of the molecule is C=C(C(=O)Oc1ccccc1)C(F)CF. The van der Waals surface area contributed by atoms with Gasteiger partial charge in [-0.15, -0.1) is 0 Å². The smallest absolute Gasteiger partial charge is 0.341 e. The minimum absolute atomic E-state index is 0.273. The van der Waals surface area contributed by atoms with Crippen molar-refractivity contribution in [2.45, 2.75) is 6.17 Å². The third-order valence-electron chi connectivity index (χ3n) is 1.73. The Morgan fingerprint density at radius 3 is 2.53 bits per heavy atom. The fraction of sp³-hybridized carbons (Fsp3) is 0.182. The molecule has 2 nitrogen and oxygen atoms in total. The van der Waals surface area contributed by atoms with Gasteiger partial charge in [0.15, 0.2) is 6.17 Å². The maximum absolute atomic E-state index is 12.7. The number of carbonyl (C=O) groups excluding carboxylic acids is 1. The molecule has 0 spiro atoms. The van der Waals surface area contributed by atoms with Crippen molar-refractivity contribution in [2.75, 3.05) is 6.67 Å². The first-order chi connectivity index (χ1) is 7.15. The lowest BCUT2D eigenvalue weighted by Crippen LogP contribution is -2.19. The van der Waals surface area contributed by atoms with Gasteiger partial charge in [0.25, 0.3) is 0 Å². The van der Waals surface area contributed by atoms with Crippen molar-refractivity contribution >= 4 is 5.97 Å². The Bertz CT molecular complexity index is 349. The Morgan fingerprint density at radius 2 is 2.00 bits per heavy atom. The molecule has 0 aliphatic heterocycles. The van der Waals surface area contributed by atoms with Crippen LogP contribution in [0.15, 0.2) is 42.5 Å². The largest absolute Gasteiger partial charge is 0.423 e. The van der Waals surface area contributed by atoms with Gasteiger partial charge in [-0.05, 0) is 12.1 Å². The summed E-state index contributed by atoms with van der Waals surface area (Å²) in [6.45, 7) is 1.86. The second-order valence-corrected chi connectivity index (χ2v) is 2.85. The Kier molecular flexibility index (Phi) is 3.97. The number of hydrogen-bond acceptors (Lipinski definition) is 2. The van der Waals surface area contributed by atoms with E-state index in [1.807, 2.05) is 0 Å². The summed E-state index contributed by atoms with van der Waals surface area (Å²) in [4.78, 5) is 11.2. The average molecular weight is 212 g/mol. The molecule has 0 bridgehead atoms. The summed E-state index contributed by atoms with van der Waals surface area (Å²) in [6.07, 6.45) is -2.00. The van der Waals surface area contributed by atoms with E-state index in [9.17, 15) is 13.6 Å². The maximum Gasteiger partial charge on any atom is 0.341 e. The highest BCUT2D eigenvalue weighted by molar-refractivity contribution is 5.90. The van der Waals surface area contributed by atoms with Crippen LogP contribution in [0.5, 0.6) is 5.75 Å². The summed E-state index contributed by atoms with van der Waals surface area (Å²) in [7, 11) is 0. The van der Waals surface area contributed by atoms with Crippen molar-refractivity contribution in [1.82, 2.24) is 0 Å². The van der Waals surface area contributed by atoms with Crippen molar-refractivity contribution in [2.24, 2.45) is 0 Å². The lowest BCUT2D eigenvalue weighted by molar-refractivity contribution is -0.130. The molecule has 15 heavy (non-hydrogen) atoms. The van der Waals surface area contributed by atoms with E-state index in [1.54, 1.807) is 18.2 Å². The third-order valence-corrected chi connectivity index (χ3v) is 1.73. The van der Waals surface area contributed by atoms with E-state index in [2.05, 4.69) is 6.58 Å². The molecule has 0 saturated carbocycles. The Hall–Kier alpha value is -1.71. The van der Waals surface area contributed by atoms with Gasteiger partial charge in [-0.1, -0.05) is 24.8 Å². The van der Waals surface area contributed by atoms with Gasteiger partial charge in [-0.3, -0.25) is 0 Å². The standard InChI is InChI=1S/C11H10F2O2/c1-8(10(13)7-12)11(14)15-9-5-3-2-4-6-9/h2-6,10H,1,7H2. The molecule has 1 atom stereocenters. The molecule has 0 aromatic heterocycles. The molecule has 1 aromatic rings. The van der Waals surface area contributed by atoms with Crippen LogP contribution in [-0.4, -0.2) is 18.8 Å². The number of benzene rings is 1. The summed E-state index contributed by atoms with van der Waals surface area (Å²) in [6, 6.07) is 8.13. The van der Waals surface area contributed by atoms with E-state index >= 15 is 0 Å². The van der Waals surface area contributed by atoms with Crippen molar-refractivity contribution in [3.05, 3.63) is 42.5 Å². The zero-order valence-corrected chi connectivity index (χ0v) is 7.95.